The van der Waals surface area contributed by atoms with Crippen molar-refractivity contribution in [3.63, 3.8) is 0 Å². The van der Waals surface area contributed by atoms with Crippen molar-refractivity contribution in [3.8, 4) is 11.8 Å². The van der Waals surface area contributed by atoms with Gasteiger partial charge in [-0.3, -0.25) is 0 Å². The van der Waals surface area contributed by atoms with Crippen LogP contribution in [0, 0.1) is 11.3 Å². The van der Waals surface area contributed by atoms with Crippen molar-refractivity contribution < 1.29 is 9.47 Å². The quantitative estimate of drug-likeness (QED) is 0.597. The average molecular weight is 273 g/mol. The highest BCUT2D eigenvalue weighted by molar-refractivity contribution is 5.51. The van der Waals surface area contributed by atoms with Gasteiger partial charge in [0.25, 0.3) is 0 Å². The maximum atomic E-state index is 9.31. The van der Waals surface area contributed by atoms with E-state index >= 15 is 0 Å². The predicted octanol–water partition coefficient (Wildman–Crippen LogP) is 4.15. The fraction of sp³-hybridized carbons (Fsp3) is 0.588. The molecule has 1 fully saturated rings. The molecular weight excluding hydrogens is 250 g/mol. The Bertz CT molecular complexity index is 484. The Balaban J connectivity index is 2.33. The van der Waals surface area contributed by atoms with Crippen LogP contribution in [-0.2, 0) is 10.2 Å². The Morgan fingerprint density at radius 3 is 2.65 bits per heavy atom. The summed E-state index contributed by atoms with van der Waals surface area (Å²) in [5.74, 6) is 0.716. The summed E-state index contributed by atoms with van der Waals surface area (Å²) in [4.78, 5) is 0. The van der Waals surface area contributed by atoms with E-state index in [4.69, 9.17) is 9.47 Å². The second kappa shape index (κ2) is 6.76. The second-order valence-electron chi connectivity index (χ2n) is 5.67. The van der Waals surface area contributed by atoms with Gasteiger partial charge in [-0.1, -0.05) is 38.3 Å². The lowest BCUT2D eigenvalue weighted by Crippen LogP contribution is -2.26. The largest absolute Gasteiger partial charge is 0.466 e. The Labute approximate surface area is 121 Å². The zero-order valence-corrected chi connectivity index (χ0v) is 12.4. The van der Waals surface area contributed by atoms with Gasteiger partial charge >= 0.3 is 0 Å². The normalized spacial score (nSPS) is 17.4. The molecular formula is C17H23NO2. The SMILES string of the molecule is CCOCOc1c(C#N)cccc1C1(C)CCCCC1. The highest BCUT2D eigenvalue weighted by Crippen LogP contribution is 2.43. The molecule has 0 bridgehead atoms. The van der Waals surface area contributed by atoms with Crippen molar-refractivity contribution in [1.82, 2.24) is 0 Å². The highest BCUT2D eigenvalue weighted by atomic mass is 16.7. The van der Waals surface area contributed by atoms with Gasteiger partial charge in [-0.05, 0) is 31.2 Å². The average Bonchev–Trinajstić information content (AvgIpc) is 2.48. The monoisotopic (exact) mass is 273 g/mol. The summed E-state index contributed by atoms with van der Waals surface area (Å²) in [6.45, 7) is 5.04. The van der Waals surface area contributed by atoms with Crippen LogP contribution >= 0.6 is 0 Å². The minimum absolute atomic E-state index is 0.118. The minimum Gasteiger partial charge on any atom is -0.466 e. The van der Waals surface area contributed by atoms with Gasteiger partial charge in [0.15, 0.2) is 6.79 Å². The van der Waals surface area contributed by atoms with Crippen molar-refractivity contribution in [2.24, 2.45) is 0 Å². The number of ether oxygens (including phenoxy) is 2. The van der Waals surface area contributed by atoms with E-state index in [1.54, 1.807) is 0 Å². The van der Waals surface area contributed by atoms with Gasteiger partial charge in [0.1, 0.15) is 11.8 Å². The van der Waals surface area contributed by atoms with Gasteiger partial charge < -0.3 is 9.47 Å². The van der Waals surface area contributed by atoms with Gasteiger partial charge in [-0.2, -0.15) is 5.26 Å². The lowest BCUT2D eigenvalue weighted by Gasteiger charge is -2.35. The molecule has 1 saturated carbocycles. The van der Waals surface area contributed by atoms with E-state index in [9.17, 15) is 5.26 Å². The molecule has 0 spiro atoms. The summed E-state index contributed by atoms with van der Waals surface area (Å²) < 4.78 is 11.1. The van der Waals surface area contributed by atoms with Crippen molar-refractivity contribution in [2.45, 2.75) is 51.4 Å². The molecule has 0 saturated heterocycles. The topological polar surface area (TPSA) is 42.2 Å². The lowest BCUT2D eigenvalue weighted by molar-refractivity contribution is 0.0208. The molecule has 3 heteroatoms. The molecule has 0 unspecified atom stereocenters. The number of nitrogens with zero attached hydrogens (tertiary/aromatic N) is 1. The summed E-state index contributed by atoms with van der Waals surface area (Å²) in [5.41, 5.74) is 1.89. The van der Waals surface area contributed by atoms with E-state index in [0.29, 0.717) is 17.9 Å². The van der Waals surface area contributed by atoms with E-state index in [-0.39, 0.29) is 12.2 Å². The van der Waals surface area contributed by atoms with E-state index in [2.05, 4.69) is 19.1 Å². The molecule has 1 aliphatic carbocycles. The third kappa shape index (κ3) is 3.13. The third-order valence-electron chi connectivity index (χ3n) is 4.23. The molecule has 0 atom stereocenters. The summed E-state index contributed by atoms with van der Waals surface area (Å²) in [6.07, 6.45) is 6.12. The first-order valence-electron chi connectivity index (χ1n) is 7.45. The van der Waals surface area contributed by atoms with Gasteiger partial charge in [0.05, 0.1) is 5.56 Å². The Hall–Kier alpha value is -1.53. The number of nitriles is 1. The van der Waals surface area contributed by atoms with Crippen LogP contribution in [0.15, 0.2) is 18.2 Å². The van der Waals surface area contributed by atoms with Crippen LogP contribution in [-0.4, -0.2) is 13.4 Å². The number of para-hydroxylation sites is 1. The Morgan fingerprint density at radius 1 is 1.25 bits per heavy atom. The number of benzene rings is 1. The van der Waals surface area contributed by atoms with E-state index in [0.717, 1.165) is 18.4 Å². The second-order valence-corrected chi connectivity index (χ2v) is 5.67. The molecule has 0 amide bonds. The maximum absolute atomic E-state index is 9.31. The predicted molar refractivity (Wildman–Crippen MR) is 78.7 cm³/mol. The summed E-state index contributed by atoms with van der Waals surface area (Å²) in [6, 6.07) is 8.12. The van der Waals surface area contributed by atoms with Crippen LogP contribution in [0.2, 0.25) is 0 Å². The van der Waals surface area contributed by atoms with Crippen LogP contribution in [0.5, 0.6) is 5.75 Å². The molecule has 0 heterocycles. The molecule has 1 aliphatic rings. The van der Waals surface area contributed by atoms with E-state index in [1.165, 1.54) is 19.3 Å². The van der Waals surface area contributed by atoms with Gasteiger partial charge in [-0.15, -0.1) is 0 Å². The fourth-order valence-electron chi connectivity index (χ4n) is 3.04. The molecule has 0 radical (unpaired) electrons. The smallest absolute Gasteiger partial charge is 0.189 e. The number of hydrogen-bond acceptors (Lipinski definition) is 3. The Kier molecular flexibility index (Phi) is 5.03. The van der Waals surface area contributed by atoms with Crippen molar-refractivity contribution >= 4 is 0 Å². The fourth-order valence-corrected chi connectivity index (χ4v) is 3.04. The lowest BCUT2D eigenvalue weighted by atomic mass is 9.70. The first-order chi connectivity index (χ1) is 9.71. The molecule has 108 valence electrons. The highest BCUT2D eigenvalue weighted by Gasteiger charge is 2.32. The molecule has 0 aromatic heterocycles. The zero-order valence-electron chi connectivity index (χ0n) is 12.4. The van der Waals surface area contributed by atoms with Crippen LogP contribution in [0.25, 0.3) is 0 Å². The van der Waals surface area contributed by atoms with Crippen LogP contribution in [0.4, 0.5) is 0 Å². The van der Waals surface area contributed by atoms with Crippen LogP contribution < -0.4 is 4.74 Å². The number of hydrogen-bond donors (Lipinski definition) is 0. The number of rotatable bonds is 5. The summed E-state index contributed by atoms with van der Waals surface area (Å²) in [7, 11) is 0. The molecule has 1 aromatic rings. The maximum Gasteiger partial charge on any atom is 0.189 e. The first kappa shape index (κ1) is 14.9. The first-order valence-corrected chi connectivity index (χ1v) is 7.45. The van der Waals surface area contributed by atoms with Crippen LogP contribution in [0.3, 0.4) is 0 Å². The molecule has 3 nitrogen and oxygen atoms in total. The zero-order chi connectivity index (χ0) is 14.4. The van der Waals surface area contributed by atoms with E-state index < -0.39 is 0 Å². The Morgan fingerprint density at radius 2 is 2.00 bits per heavy atom. The standard InChI is InChI=1S/C17H23NO2/c1-3-19-13-20-16-14(12-18)8-7-9-15(16)17(2)10-5-4-6-11-17/h7-9H,3-6,10-11,13H2,1-2H3. The van der Waals surface area contributed by atoms with Crippen LogP contribution in [0.1, 0.15) is 57.1 Å². The minimum atomic E-state index is 0.118. The summed E-state index contributed by atoms with van der Waals surface area (Å²) >= 11 is 0. The van der Waals surface area contributed by atoms with Crippen molar-refractivity contribution in [1.29, 1.82) is 5.26 Å². The van der Waals surface area contributed by atoms with Gasteiger partial charge in [-0.25, -0.2) is 0 Å². The van der Waals surface area contributed by atoms with Gasteiger partial charge in [0.2, 0.25) is 0 Å². The molecule has 2 rings (SSSR count). The van der Waals surface area contributed by atoms with E-state index in [1.807, 2.05) is 19.1 Å². The third-order valence-corrected chi connectivity index (χ3v) is 4.23. The molecule has 0 aliphatic heterocycles. The molecule has 1 aromatic carbocycles. The van der Waals surface area contributed by atoms with Gasteiger partial charge in [0, 0.05) is 12.2 Å². The molecule has 0 N–H and O–H groups in total. The summed E-state index contributed by atoms with van der Waals surface area (Å²) in [5, 5.41) is 9.31. The molecule has 20 heavy (non-hydrogen) atoms. The van der Waals surface area contributed by atoms with Crippen molar-refractivity contribution in [2.75, 3.05) is 13.4 Å². The van der Waals surface area contributed by atoms with Crippen molar-refractivity contribution in [3.05, 3.63) is 29.3 Å².